The van der Waals surface area contributed by atoms with E-state index < -0.39 is 0 Å². The van der Waals surface area contributed by atoms with Gasteiger partial charge in [-0.1, -0.05) is 23.7 Å². The van der Waals surface area contributed by atoms with E-state index in [0.717, 1.165) is 61.2 Å². The summed E-state index contributed by atoms with van der Waals surface area (Å²) in [6.45, 7) is 5.75. The molecule has 0 bridgehead atoms. The fourth-order valence-corrected chi connectivity index (χ4v) is 3.76. The minimum absolute atomic E-state index is 0.0759. The Morgan fingerprint density at radius 3 is 2.68 bits per heavy atom. The van der Waals surface area contributed by atoms with Gasteiger partial charge in [-0.25, -0.2) is 4.99 Å². The number of amidine groups is 1. The Labute approximate surface area is 170 Å². The van der Waals surface area contributed by atoms with Crippen molar-refractivity contribution in [2.24, 2.45) is 4.99 Å². The molecule has 0 saturated carbocycles. The second-order valence-corrected chi connectivity index (χ2v) is 7.37. The topological polar surface area (TPSA) is 60.3 Å². The first-order valence-electron chi connectivity index (χ1n) is 9.65. The molecular weight excluding hydrogens is 376 g/mol. The molecule has 2 N–H and O–H groups in total. The van der Waals surface area contributed by atoms with Crippen LogP contribution in [-0.2, 0) is 4.74 Å². The molecule has 1 fully saturated rings. The van der Waals surface area contributed by atoms with Gasteiger partial charge in [-0.15, -0.1) is 0 Å². The molecule has 1 saturated heterocycles. The van der Waals surface area contributed by atoms with Crippen LogP contribution < -0.4 is 5.32 Å². The van der Waals surface area contributed by atoms with E-state index in [0.29, 0.717) is 18.2 Å². The molecule has 0 amide bonds. The van der Waals surface area contributed by atoms with Gasteiger partial charge in [0.15, 0.2) is 0 Å². The van der Waals surface area contributed by atoms with Gasteiger partial charge in [0.05, 0.1) is 31.2 Å². The lowest BCUT2D eigenvalue weighted by Crippen LogP contribution is -2.49. The van der Waals surface area contributed by atoms with Crippen LogP contribution in [0, 0.1) is 0 Å². The van der Waals surface area contributed by atoms with Crippen LogP contribution in [0.3, 0.4) is 0 Å². The molecule has 0 unspecified atom stereocenters. The number of piperazine rings is 1. The van der Waals surface area contributed by atoms with E-state index in [1.54, 1.807) is 0 Å². The zero-order chi connectivity index (χ0) is 19.3. The average Bonchev–Trinajstić information content (AvgIpc) is 2.88. The molecular formula is C21H25ClN4O2. The first-order chi connectivity index (χ1) is 13.7. The SMILES string of the molecule is OCCOCCN1CCN(C2=Nc3cc(Cl)ccc3Nc3ccccc32)CC1. The van der Waals surface area contributed by atoms with E-state index in [9.17, 15) is 0 Å². The van der Waals surface area contributed by atoms with Gasteiger partial charge in [-0.2, -0.15) is 0 Å². The lowest BCUT2D eigenvalue weighted by atomic mass is 10.1. The molecule has 2 aliphatic heterocycles. The number of halogens is 1. The number of aliphatic imine (C=N–C) groups is 1. The largest absolute Gasteiger partial charge is 0.394 e. The van der Waals surface area contributed by atoms with Crippen molar-refractivity contribution in [1.29, 1.82) is 0 Å². The van der Waals surface area contributed by atoms with Gasteiger partial charge in [0.1, 0.15) is 5.84 Å². The number of rotatable bonds is 5. The molecule has 2 heterocycles. The second kappa shape index (κ2) is 8.92. The fourth-order valence-electron chi connectivity index (χ4n) is 3.59. The fraction of sp³-hybridized carbons (Fsp3) is 0.381. The zero-order valence-electron chi connectivity index (χ0n) is 15.8. The summed E-state index contributed by atoms with van der Waals surface area (Å²) < 4.78 is 5.39. The van der Waals surface area contributed by atoms with Crippen LogP contribution >= 0.6 is 11.6 Å². The molecule has 28 heavy (non-hydrogen) atoms. The quantitative estimate of drug-likeness (QED) is 0.755. The first kappa shape index (κ1) is 19.2. The van der Waals surface area contributed by atoms with Crippen molar-refractivity contribution in [2.45, 2.75) is 0 Å². The number of anilines is 2. The van der Waals surface area contributed by atoms with Gasteiger partial charge < -0.3 is 20.1 Å². The molecule has 0 radical (unpaired) electrons. The highest BCUT2D eigenvalue weighted by Gasteiger charge is 2.24. The summed E-state index contributed by atoms with van der Waals surface area (Å²) >= 11 is 6.22. The third kappa shape index (κ3) is 4.31. The van der Waals surface area contributed by atoms with E-state index >= 15 is 0 Å². The molecule has 2 aromatic carbocycles. The van der Waals surface area contributed by atoms with Crippen molar-refractivity contribution in [3.05, 3.63) is 53.1 Å². The maximum atomic E-state index is 8.80. The molecule has 0 atom stereocenters. The van der Waals surface area contributed by atoms with Gasteiger partial charge in [-0.3, -0.25) is 4.90 Å². The number of hydrogen-bond acceptors (Lipinski definition) is 6. The van der Waals surface area contributed by atoms with Crippen LogP contribution in [0.1, 0.15) is 5.56 Å². The number of benzene rings is 2. The van der Waals surface area contributed by atoms with Crippen molar-refractivity contribution in [2.75, 3.05) is 57.9 Å². The molecule has 7 heteroatoms. The standard InChI is InChI=1S/C21H25ClN4O2/c22-16-5-6-19-20(15-16)24-21(17-3-1-2-4-18(17)23-19)26-9-7-25(8-10-26)11-13-28-14-12-27/h1-6,15,23,27H,7-14H2. The van der Waals surface area contributed by atoms with Crippen LogP contribution in [0.25, 0.3) is 0 Å². The molecule has 4 rings (SSSR count). The van der Waals surface area contributed by atoms with Crippen molar-refractivity contribution in [3.8, 4) is 0 Å². The highest BCUT2D eigenvalue weighted by Crippen LogP contribution is 2.36. The maximum Gasteiger partial charge on any atom is 0.138 e. The second-order valence-electron chi connectivity index (χ2n) is 6.93. The summed E-state index contributed by atoms with van der Waals surface area (Å²) in [5.41, 5.74) is 3.99. The van der Waals surface area contributed by atoms with Crippen molar-refractivity contribution in [3.63, 3.8) is 0 Å². The normalized spacial score (nSPS) is 16.6. The molecule has 148 valence electrons. The van der Waals surface area contributed by atoms with E-state index in [-0.39, 0.29) is 6.61 Å². The molecule has 6 nitrogen and oxygen atoms in total. The summed E-state index contributed by atoms with van der Waals surface area (Å²) in [5.74, 6) is 0.986. The Hall–Kier alpha value is -2.12. The number of para-hydroxylation sites is 1. The monoisotopic (exact) mass is 400 g/mol. The number of nitrogens with zero attached hydrogens (tertiary/aromatic N) is 3. The summed E-state index contributed by atoms with van der Waals surface area (Å²) in [4.78, 5) is 9.74. The maximum absolute atomic E-state index is 8.80. The van der Waals surface area contributed by atoms with Gasteiger partial charge >= 0.3 is 0 Å². The van der Waals surface area contributed by atoms with Gasteiger partial charge in [0.25, 0.3) is 0 Å². The molecule has 0 spiro atoms. The van der Waals surface area contributed by atoms with Crippen molar-refractivity contribution >= 4 is 34.5 Å². The Kier molecular flexibility index (Phi) is 6.12. The van der Waals surface area contributed by atoms with Crippen LogP contribution in [-0.4, -0.2) is 73.3 Å². The van der Waals surface area contributed by atoms with E-state index in [2.05, 4.69) is 27.2 Å². The third-order valence-corrected chi connectivity index (χ3v) is 5.32. The van der Waals surface area contributed by atoms with Gasteiger partial charge in [0.2, 0.25) is 0 Å². The summed E-state index contributed by atoms with van der Waals surface area (Å²) in [6.07, 6.45) is 0. The smallest absolute Gasteiger partial charge is 0.138 e. The van der Waals surface area contributed by atoms with Gasteiger partial charge in [-0.05, 0) is 30.3 Å². The minimum atomic E-state index is 0.0759. The molecule has 0 aliphatic carbocycles. The Morgan fingerprint density at radius 1 is 1.04 bits per heavy atom. The predicted octanol–water partition coefficient (Wildman–Crippen LogP) is 3.10. The molecule has 2 aromatic rings. The van der Waals surface area contributed by atoms with E-state index in [1.807, 2.05) is 30.3 Å². The van der Waals surface area contributed by atoms with Crippen LogP contribution in [0.15, 0.2) is 47.5 Å². The lowest BCUT2D eigenvalue weighted by Gasteiger charge is -2.36. The van der Waals surface area contributed by atoms with Gasteiger partial charge in [0, 0.05) is 49.0 Å². The summed E-state index contributed by atoms with van der Waals surface area (Å²) in [7, 11) is 0. The third-order valence-electron chi connectivity index (χ3n) is 5.08. The number of aliphatic hydroxyl groups is 1. The zero-order valence-corrected chi connectivity index (χ0v) is 16.5. The van der Waals surface area contributed by atoms with Crippen LogP contribution in [0.2, 0.25) is 5.02 Å². The van der Waals surface area contributed by atoms with Crippen molar-refractivity contribution in [1.82, 2.24) is 9.80 Å². The number of nitrogens with one attached hydrogen (secondary N) is 1. The number of ether oxygens (including phenoxy) is 1. The minimum Gasteiger partial charge on any atom is -0.394 e. The first-order valence-corrected chi connectivity index (χ1v) is 10.0. The predicted molar refractivity (Wildman–Crippen MR) is 113 cm³/mol. The number of aliphatic hydroxyl groups excluding tert-OH is 1. The number of hydrogen-bond donors (Lipinski definition) is 2. The number of fused-ring (bicyclic) bond motifs is 2. The highest BCUT2D eigenvalue weighted by molar-refractivity contribution is 6.31. The summed E-state index contributed by atoms with van der Waals surface area (Å²) in [6, 6.07) is 14.1. The molecule has 0 aromatic heterocycles. The summed E-state index contributed by atoms with van der Waals surface area (Å²) in [5, 5.41) is 13.0. The highest BCUT2D eigenvalue weighted by atomic mass is 35.5. The Bertz CT molecular complexity index is 850. The Morgan fingerprint density at radius 2 is 1.86 bits per heavy atom. The lowest BCUT2D eigenvalue weighted by molar-refractivity contribution is 0.0652. The van der Waals surface area contributed by atoms with Crippen LogP contribution in [0.5, 0.6) is 0 Å². The Balaban J connectivity index is 1.53. The average molecular weight is 401 g/mol. The van der Waals surface area contributed by atoms with Crippen LogP contribution in [0.4, 0.5) is 17.1 Å². The van der Waals surface area contributed by atoms with E-state index in [1.165, 1.54) is 0 Å². The van der Waals surface area contributed by atoms with E-state index in [4.69, 9.17) is 26.4 Å². The van der Waals surface area contributed by atoms with Crippen molar-refractivity contribution < 1.29 is 9.84 Å². The molecule has 2 aliphatic rings.